The average Bonchev–Trinajstić information content (AvgIpc) is 2.59. The summed E-state index contributed by atoms with van der Waals surface area (Å²) in [7, 11) is 0. The van der Waals surface area contributed by atoms with Crippen LogP contribution in [0.5, 0.6) is 0 Å². The van der Waals surface area contributed by atoms with E-state index in [9.17, 15) is 0 Å². The summed E-state index contributed by atoms with van der Waals surface area (Å²) in [5, 5.41) is 0. The molecule has 0 aromatic carbocycles. The van der Waals surface area contributed by atoms with Gasteiger partial charge in [0.25, 0.3) is 0 Å². The van der Waals surface area contributed by atoms with Crippen LogP contribution in [0.15, 0.2) is 0 Å². The summed E-state index contributed by atoms with van der Waals surface area (Å²) in [5.41, 5.74) is 0. The van der Waals surface area contributed by atoms with Crippen LogP contribution >= 0.6 is 0 Å². The predicted molar refractivity (Wildman–Crippen MR) is 50.0 cm³/mol. The SMILES string of the molecule is CC1C2CCN1C1CCCC1C2. The second-order valence-electron chi connectivity index (χ2n) is 5.02. The molecule has 12 heavy (non-hydrogen) atoms. The highest BCUT2D eigenvalue weighted by Gasteiger charge is 2.46. The number of rotatable bonds is 0. The molecule has 2 aliphatic heterocycles. The summed E-state index contributed by atoms with van der Waals surface area (Å²) in [6.07, 6.45) is 7.59. The van der Waals surface area contributed by atoms with Crippen molar-refractivity contribution < 1.29 is 0 Å². The van der Waals surface area contributed by atoms with Crippen molar-refractivity contribution in [3.63, 3.8) is 0 Å². The molecule has 1 saturated carbocycles. The summed E-state index contributed by atoms with van der Waals surface area (Å²) >= 11 is 0. The first kappa shape index (κ1) is 7.37. The van der Waals surface area contributed by atoms with E-state index in [1.807, 2.05) is 0 Å². The van der Waals surface area contributed by atoms with E-state index in [2.05, 4.69) is 11.8 Å². The first-order valence-electron chi connectivity index (χ1n) is 5.62. The molecule has 0 spiro atoms. The normalized spacial score (nSPS) is 57.2. The highest BCUT2D eigenvalue weighted by Crippen LogP contribution is 2.46. The Morgan fingerprint density at radius 1 is 1.08 bits per heavy atom. The van der Waals surface area contributed by atoms with E-state index < -0.39 is 0 Å². The second kappa shape index (κ2) is 2.47. The van der Waals surface area contributed by atoms with Crippen LogP contribution in [0.1, 0.15) is 39.0 Å². The Labute approximate surface area is 75.1 Å². The minimum Gasteiger partial charge on any atom is -0.297 e. The van der Waals surface area contributed by atoms with E-state index >= 15 is 0 Å². The molecule has 0 aromatic rings. The molecule has 5 unspecified atom stereocenters. The van der Waals surface area contributed by atoms with Crippen LogP contribution in [0.3, 0.4) is 0 Å². The molecule has 2 bridgehead atoms. The fourth-order valence-corrected chi connectivity index (χ4v) is 3.93. The minimum absolute atomic E-state index is 0.921. The van der Waals surface area contributed by atoms with E-state index in [4.69, 9.17) is 0 Å². The van der Waals surface area contributed by atoms with Crippen LogP contribution in [-0.4, -0.2) is 23.5 Å². The van der Waals surface area contributed by atoms with Crippen molar-refractivity contribution in [3.05, 3.63) is 0 Å². The van der Waals surface area contributed by atoms with Gasteiger partial charge in [-0.15, -0.1) is 0 Å². The van der Waals surface area contributed by atoms with Crippen molar-refractivity contribution in [2.24, 2.45) is 11.8 Å². The van der Waals surface area contributed by atoms with Crippen LogP contribution < -0.4 is 0 Å². The van der Waals surface area contributed by atoms with E-state index in [-0.39, 0.29) is 0 Å². The molecule has 3 rings (SSSR count). The predicted octanol–water partition coefficient (Wildman–Crippen LogP) is 2.27. The van der Waals surface area contributed by atoms with Gasteiger partial charge in [-0.1, -0.05) is 6.42 Å². The van der Waals surface area contributed by atoms with E-state index in [1.165, 1.54) is 32.2 Å². The highest BCUT2D eigenvalue weighted by atomic mass is 15.2. The van der Waals surface area contributed by atoms with E-state index in [0.717, 1.165) is 23.9 Å². The van der Waals surface area contributed by atoms with Gasteiger partial charge in [0.05, 0.1) is 0 Å². The molecule has 2 saturated heterocycles. The first-order valence-corrected chi connectivity index (χ1v) is 5.62. The lowest BCUT2D eigenvalue weighted by Crippen LogP contribution is -2.45. The lowest BCUT2D eigenvalue weighted by Gasteiger charge is -2.40. The molecule has 2 heterocycles. The van der Waals surface area contributed by atoms with Gasteiger partial charge in [-0.25, -0.2) is 0 Å². The molecule has 3 aliphatic rings. The maximum atomic E-state index is 2.81. The quantitative estimate of drug-likeness (QED) is 0.532. The van der Waals surface area contributed by atoms with Crippen LogP contribution in [0.2, 0.25) is 0 Å². The Balaban J connectivity index is 1.88. The van der Waals surface area contributed by atoms with Crippen LogP contribution in [0.25, 0.3) is 0 Å². The van der Waals surface area contributed by atoms with Gasteiger partial charge in [0.15, 0.2) is 0 Å². The molecule has 1 aliphatic carbocycles. The summed E-state index contributed by atoms with van der Waals surface area (Å²) in [5.74, 6) is 2.15. The molecule has 1 nitrogen and oxygen atoms in total. The fourth-order valence-electron chi connectivity index (χ4n) is 3.93. The van der Waals surface area contributed by atoms with Crippen molar-refractivity contribution in [3.8, 4) is 0 Å². The lowest BCUT2D eigenvalue weighted by molar-refractivity contribution is 0.0857. The number of piperidine rings is 1. The second-order valence-corrected chi connectivity index (χ2v) is 5.02. The first-order chi connectivity index (χ1) is 5.86. The molecule has 0 N–H and O–H groups in total. The van der Waals surface area contributed by atoms with E-state index in [1.54, 1.807) is 6.42 Å². The van der Waals surface area contributed by atoms with Gasteiger partial charge >= 0.3 is 0 Å². The van der Waals surface area contributed by atoms with Gasteiger partial charge in [0.2, 0.25) is 0 Å². The van der Waals surface area contributed by atoms with Crippen molar-refractivity contribution >= 4 is 0 Å². The third-order valence-corrected chi connectivity index (χ3v) is 4.61. The van der Waals surface area contributed by atoms with Gasteiger partial charge in [-0.3, -0.25) is 4.90 Å². The third kappa shape index (κ3) is 0.834. The molecule has 3 fully saturated rings. The number of fused-ring (bicyclic) bond motifs is 4. The van der Waals surface area contributed by atoms with Crippen LogP contribution in [0.4, 0.5) is 0 Å². The van der Waals surface area contributed by atoms with Crippen LogP contribution in [-0.2, 0) is 0 Å². The van der Waals surface area contributed by atoms with Crippen molar-refractivity contribution in [2.45, 2.75) is 51.1 Å². The summed E-state index contributed by atoms with van der Waals surface area (Å²) in [6, 6.07) is 1.92. The Bertz CT molecular complexity index is 189. The molecule has 1 heteroatoms. The maximum absolute atomic E-state index is 2.81. The van der Waals surface area contributed by atoms with Gasteiger partial charge in [-0.05, 0) is 51.0 Å². The average molecular weight is 165 g/mol. The lowest BCUT2D eigenvalue weighted by atomic mass is 9.83. The highest BCUT2D eigenvalue weighted by molar-refractivity contribution is 4.99. The Morgan fingerprint density at radius 2 is 2.00 bits per heavy atom. The molecule has 68 valence electrons. The van der Waals surface area contributed by atoms with Gasteiger partial charge in [0.1, 0.15) is 0 Å². The van der Waals surface area contributed by atoms with Crippen molar-refractivity contribution in [1.29, 1.82) is 0 Å². The standard InChI is InChI=1S/C11H19N/c1-8-9-5-6-12(8)11-4-2-3-10(11)7-9/h8-11H,2-7H2,1H3. The minimum atomic E-state index is 0.921. The largest absolute Gasteiger partial charge is 0.297 e. The van der Waals surface area contributed by atoms with Gasteiger partial charge in [-0.2, -0.15) is 0 Å². The Kier molecular flexibility index (Phi) is 1.52. The molecular formula is C11H19N. The van der Waals surface area contributed by atoms with Crippen LogP contribution in [0, 0.1) is 11.8 Å². The third-order valence-electron chi connectivity index (χ3n) is 4.61. The molecule has 5 atom stereocenters. The zero-order valence-electron chi connectivity index (χ0n) is 8.00. The van der Waals surface area contributed by atoms with Crippen molar-refractivity contribution in [2.75, 3.05) is 6.54 Å². The number of hydrogen-bond acceptors (Lipinski definition) is 1. The molecule has 0 aromatic heterocycles. The zero-order chi connectivity index (χ0) is 8.13. The number of hydrogen-bond donors (Lipinski definition) is 0. The number of nitrogens with zero attached hydrogens (tertiary/aromatic N) is 1. The topological polar surface area (TPSA) is 3.24 Å². The summed E-state index contributed by atoms with van der Waals surface area (Å²) in [6.45, 7) is 3.86. The van der Waals surface area contributed by atoms with Gasteiger partial charge < -0.3 is 0 Å². The van der Waals surface area contributed by atoms with Gasteiger partial charge in [0, 0.05) is 12.1 Å². The molecule has 0 radical (unpaired) electrons. The Morgan fingerprint density at radius 3 is 2.92 bits per heavy atom. The maximum Gasteiger partial charge on any atom is 0.0127 e. The van der Waals surface area contributed by atoms with Crippen molar-refractivity contribution in [1.82, 2.24) is 4.90 Å². The summed E-state index contributed by atoms with van der Waals surface area (Å²) < 4.78 is 0. The Hall–Kier alpha value is -0.0400. The monoisotopic (exact) mass is 165 g/mol. The molecule has 0 amide bonds. The fraction of sp³-hybridized carbons (Fsp3) is 1.00. The molecular weight excluding hydrogens is 146 g/mol. The van der Waals surface area contributed by atoms with E-state index in [0.29, 0.717) is 0 Å². The zero-order valence-corrected chi connectivity index (χ0v) is 8.00. The smallest absolute Gasteiger partial charge is 0.0127 e. The summed E-state index contributed by atoms with van der Waals surface area (Å²) in [4.78, 5) is 2.81.